The smallest absolute Gasteiger partial charge is 0.274 e. The lowest BCUT2D eigenvalue weighted by molar-refractivity contribution is 0.0691. The summed E-state index contributed by atoms with van der Waals surface area (Å²) in [6.45, 7) is 5.67. The molecule has 0 unspecified atom stereocenters. The molecular formula is C20H23N3O2. The molecule has 2 amide bonds. The predicted octanol–water partition coefficient (Wildman–Crippen LogP) is 3.51. The van der Waals surface area contributed by atoms with Gasteiger partial charge >= 0.3 is 0 Å². The lowest BCUT2D eigenvalue weighted by atomic mass is 9.99. The van der Waals surface area contributed by atoms with E-state index in [2.05, 4.69) is 17.2 Å². The van der Waals surface area contributed by atoms with E-state index in [1.54, 1.807) is 18.2 Å². The molecular weight excluding hydrogens is 314 g/mol. The van der Waals surface area contributed by atoms with Crippen LogP contribution in [0, 0.1) is 12.8 Å². The van der Waals surface area contributed by atoms with Crippen molar-refractivity contribution in [1.82, 2.24) is 9.88 Å². The van der Waals surface area contributed by atoms with Gasteiger partial charge in [0, 0.05) is 18.8 Å². The van der Waals surface area contributed by atoms with E-state index in [0.717, 1.165) is 31.5 Å². The monoisotopic (exact) mass is 337 g/mol. The highest BCUT2D eigenvalue weighted by Crippen LogP contribution is 2.18. The van der Waals surface area contributed by atoms with Crippen LogP contribution in [0.2, 0.25) is 0 Å². The standard InChI is InChI=1S/C20H23N3O2/c1-14-9-11-23(12-10-14)20(25)18-8-4-7-17(22-18)19(24)21-16-6-3-5-15(2)13-16/h3-8,13-14H,9-12H2,1-2H3,(H,21,24). The zero-order valence-electron chi connectivity index (χ0n) is 14.7. The zero-order valence-corrected chi connectivity index (χ0v) is 14.7. The normalized spacial score (nSPS) is 15.0. The van der Waals surface area contributed by atoms with Crippen molar-refractivity contribution >= 4 is 17.5 Å². The number of aromatic nitrogens is 1. The zero-order chi connectivity index (χ0) is 17.8. The molecule has 1 N–H and O–H groups in total. The van der Waals surface area contributed by atoms with Gasteiger partial charge in [0.15, 0.2) is 0 Å². The summed E-state index contributed by atoms with van der Waals surface area (Å²) in [6.07, 6.45) is 2.03. The lowest BCUT2D eigenvalue weighted by Crippen LogP contribution is -2.38. The summed E-state index contributed by atoms with van der Waals surface area (Å²) in [5.74, 6) is 0.244. The molecule has 2 heterocycles. The van der Waals surface area contributed by atoms with Crippen molar-refractivity contribution in [3.8, 4) is 0 Å². The van der Waals surface area contributed by atoms with E-state index < -0.39 is 0 Å². The number of amides is 2. The molecule has 1 aromatic heterocycles. The van der Waals surface area contributed by atoms with Crippen molar-refractivity contribution in [3.63, 3.8) is 0 Å². The average molecular weight is 337 g/mol. The fourth-order valence-electron chi connectivity index (χ4n) is 2.97. The molecule has 0 aliphatic carbocycles. The summed E-state index contributed by atoms with van der Waals surface area (Å²) in [5, 5.41) is 2.82. The van der Waals surface area contributed by atoms with Crippen LogP contribution >= 0.6 is 0 Å². The van der Waals surface area contributed by atoms with Gasteiger partial charge in [0.05, 0.1) is 0 Å². The third-order valence-electron chi connectivity index (χ3n) is 4.55. The predicted molar refractivity (Wildman–Crippen MR) is 97.7 cm³/mol. The molecule has 0 saturated carbocycles. The van der Waals surface area contributed by atoms with Gasteiger partial charge in [-0.2, -0.15) is 0 Å². The highest BCUT2D eigenvalue weighted by Gasteiger charge is 2.23. The second-order valence-corrected chi connectivity index (χ2v) is 6.71. The van der Waals surface area contributed by atoms with Gasteiger partial charge in [-0.25, -0.2) is 4.98 Å². The highest BCUT2D eigenvalue weighted by molar-refractivity contribution is 6.03. The van der Waals surface area contributed by atoms with Crippen LogP contribution in [-0.4, -0.2) is 34.8 Å². The summed E-state index contributed by atoms with van der Waals surface area (Å²) in [4.78, 5) is 31.1. The molecule has 0 bridgehead atoms. The number of carbonyl (C=O) groups is 2. The maximum absolute atomic E-state index is 12.6. The first-order valence-corrected chi connectivity index (χ1v) is 8.67. The van der Waals surface area contributed by atoms with Gasteiger partial charge in [-0.3, -0.25) is 9.59 Å². The van der Waals surface area contributed by atoms with Crippen molar-refractivity contribution in [1.29, 1.82) is 0 Å². The molecule has 0 spiro atoms. The minimum absolute atomic E-state index is 0.0999. The van der Waals surface area contributed by atoms with E-state index in [9.17, 15) is 9.59 Å². The molecule has 1 aromatic carbocycles. The molecule has 1 aliphatic heterocycles. The van der Waals surface area contributed by atoms with E-state index in [1.807, 2.05) is 36.1 Å². The second kappa shape index (κ2) is 7.47. The number of carbonyl (C=O) groups excluding carboxylic acids is 2. The molecule has 0 atom stereocenters. The highest BCUT2D eigenvalue weighted by atomic mass is 16.2. The molecule has 1 saturated heterocycles. The number of rotatable bonds is 3. The largest absolute Gasteiger partial charge is 0.337 e. The van der Waals surface area contributed by atoms with Crippen LogP contribution in [0.5, 0.6) is 0 Å². The third-order valence-corrected chi connectivity index (χ3v) is 4.55. The van der Waals surface area contributed by atoms with Gasteiger partial charge in [0.1, 0.15) is 11.4 Å². The van der Waals surface area contributed by atoms with Gasteiger partial charge in [-0.1, -0.05) is 25.1 Å². The number of piperidine rings is 1. The van der Waals surface area contributed by atoms with E-state index in [-0.39, 0.29) is 17.5 Å². The lowest BCUT2D eigenvalue weighted by Gasteiger charge is -2.30. The number of nitrogens with zero attached hydrogens (tertiary/aromatic N) is 2. The molecule has 5 heteroatoms. The van der Waals surface area contributed by atoms with Crippen LogP contribution < -0.4 is 5.32 Å². The number of anilines is 1. The molecule has 2 aromatic rings. The summed E-state index contributed by atoms with van der Waals surface area (Å²) in [6, 6.07) is 12.6. The minimum Gasteiger partial charge on any atom is -0.337 e. The minimum atomic E-state index is -0.312. The summed E-state index contributed by atoms with van der Waals surface area (Å²) in [5.41, 5.74) is 2.35. The van der Waals surface area contributed by atoms with Crippen molar-refractivity contribution in [2.24, 2.45) is 5.92 Å². The van der Waals surface area contributed by atoms with Gasteiger partial charge in [0.25, 0.3) is 11.8 Å². The summed E-state index contributed by atoms with van der Waals surface area (Å²) >= 11 is 0. The average Bonchev–Trinajstić information content (AvgIpc) is 2.62. The Labute approximate surface area is 148 Å². The first kappa shape index (κ1) is 17.1. The number of aryl methyl sites for hydroxylation is 1. The first-order chi connectivity index (χ1) is 12.0. The molecule has 5 nitrogen and oxygen atoms in total. The number of hydrogen-bond donors (Lipinski definition) is 1. The Kier molecular flexibility index (Phi) is 5.12. The third kappa shape index (κ3) is 4.24. The van der Waals surface area contributed by atoms with Crippen LogP contribution in [0.1, 0.15) is 46.3 Å². The summed E-state index contributed by atoms with van der Waals surface area (Å²) < 4.78 is 0. The Morgan fingerprint density at radius 3 is 2.48 bits per heavy atom. The number of hydrogen-bond acceptors (Lipinski definition) is 3. The van der Waals surface area contributed by atoms with Gasteiger partial charge in [0.2, 0.25) is 0 Å². The van der Waals surface area contributed by atoms with Crippen LogP contribution in [-0.2, 0) is 0 Å². The fourth-order valence-corrected chi connectivity index (χ4v) is 2.97. The Morgan fingerprint density at radius 1 is 1.08 bits per heavy atom. The van der Waals surface area contributed by atoms with Gasteiger partial charge in [-0.15, -0.1) is 0 Å². The Morgan fingerprint density at radius 2 is 1.76 bits per heavy atom. The van der Waals surface area contributed by atoms with E-state index in [1.165, 1.54) is 0 Å². The van der Waals surface area contributed by atoms with E-state index in [0.29, 0.717) is 17.3 Å². The second-order valence-electron chi connectivity index (χ2n) is 6.71. The molecule has 25 heavy (non-hydrogen) atoms. The molecule has 3 rings (SSSR count). The SMILES string of the molecule is Cc1cccc(NC(=O)c2cccc(C(=O)N3CCC(C)CC3)n2)c1. The van der Waals surface area contributed by atoms with Crippen LogP contribution in [0.4, 0.5) is 5.69 Å². The first-order valence-electron chi connectivity index (χ1n) is 8.67. The number of pyridine rings is 1. The van der Waals surface area contributed by atoms with Crippen molar-refractivity contribution in [3.05, 3.63) is 59.4 Å². The van der Waals surface area contributed by atoms with Crippen molar-refractivity contribution < 1.29 is 9.59 Å². The Hall–Kier alpha value is -2.69. The molecule has 0 radical (unpaired) electrons. The Bertz CT molecular complexity index is 780. The fraction of sp³-hybridized carbons (Fsp3) is 0.350. The van der Waals surface area contributed by atoms with Crippen LogP contribution in [0.15, 0.2) is 42.5 Å². The molecule has 1 aliphatic rings. The molecule has 130 valence electrons. The summed E-state index contributed by atoms with van der Waals surface area (Å²) in [7, 11) is 0. The maximum Gasteiger partial charge on any atom is 0.274 e. The van der Waals surface area contributed by atoms with E-state index in [4.69, 9.17) is 0 Å². The van der Waals surface area contributed by atoms with Crippen LogP contribution in [0.3, 0.4) is 0 Å². The maximum atomic E-state index is 12.6. The van der Waals surface area contributed by atoms with Crippen LogP contribution in [0.25, 0.3) is 0 Å². The quantitative estimate of drug-likeness (QED) is 0.932. The van der Waals surface area contributed by atoms with E-state index >= 15 is 0 Å². The van der Waals surface area contributed by atoms with Gasteiger partial charge < -0.3 is 10.2 Å². The van der Waals surface area contributed by atoms with Gasteiger partial charge in [-0.05, 0) is 55.5 Å². The number of benzene rings is 1. The Balaban J connectivity index is 1.72. The topological polar surface area (TPSA) is 62.3 Å². The van der Waals surface area contributed by atoms with Crippen molar-refractivity contribution in [2.45, 2.75) is 26.7 Å². The number of likely N-dealkylation sites (tertiary alicyclic amines) is 1. The molecule has 1 fully saturated rings. The number of nitrogens with one attached hydrogen (secondary N) is 1. The van der Waals surface area contributed by atoms with Crippen molar-refractivity contribution in [2.75, 3.05) is 18.4 Å².